The van der Waals surface area contributed by atoms with Gasteiger partial charge in [-0.3, -0.25) is 4.79 Å². The highest BCUT2D eigenvalue weighted by atomic mass is 32.2. The van der Waals surface area contributed by atoms with Crippen molar-refractivity contribution in [3.8, 4) is 0 Å². The van der Waals surface area contributed by atoms with Crippen molar-refractivity contribution in [1.82, 2.24) is 13.8 Å². The van der Waals surface area contributed by atoms with Crippen molar-refractivity contribution in [3.63, 3.8) is 0 Å². The van der Waals surface area contributed by atoms with Crippen molar-refractivity contribution in [2.24, 2.45) is 0 Å². The summed E-state index contributed by atoms with van der Waals surface area (Å²) in [4.78, 5) is 14.2. The average Bonchev–Trinajstić information content (AvgIpc) is 2.93. The molecule has 1 amide bonds. The molecule has 1 aliphatic carbocycles. The van der Waals surface area contributed by atoms with Crippen molar-refractivity contribution >= 4 is 22.0 Å². The van der Waals surface area contributed by atoms with E-state index in [1.54, 1.807) is 11.0 Å². The zero-order valence-electron chi connectivity index (χ0n) is 16.6. The molecule has 0 spiro atoms. The van der Waals surface area contributed by atoms with Gasteiger partial charge in [0.15, 0.2) is 0 Å². The zero-order chi connectivity index (χ0) is 19.6. The number of hydrogen-bond acceptors (Lipinski definition) is 3. The highest BCUT2D eigenvalue weighted by Gasteiger charge is 2.25. The summed E-state index contributed by atoms with van der Waals surface area (Å²) in [7, 11) is -3.17. The predicted molar refractivity (Wildman–Crippen MR) is 108 cm³/mol. The van der Waals surface area contributed by atoms with Crippen molar-refractivity contribution in [2.75, 3.05) is 32.4 Å². The molecule has 0 aromatic carbocycles. The summed E-state index contributed by atoms with van der Waals surface area (Å²) in [6.45, 7) is 5.90. The lowest BCUT2D eigenvalue weighted by atomic mass is 9.95. The van der Waals surface area contributed by atoms with Crippen LogP contribution in [-0.4, -0.2) is 60.5 Å². The zero-order valence-corrected chi connectivity index (χ0v) is 17.5. The fraction of sp³-hybridized carbons (Fsp3) is 0.650. The third-order valence-corrected chi connectivity index (χ3v) is 7.19. The van der Waals surface area contributed by atoms with Crippen molar-refractivity contribution in [1.29, 1.82) is 0 Å². The van der Waals surface area contributed by atoms with Gasteiger partial charge >= 0.3 is 0 Å². The number of hydrogen-bond donors (Lipinski definition) is 0. The molecule has 1 saturated carbocycles. The predicted octanol–water partition coefficient (Wildman–Crippen LogP) is 2.73. The molecule has 2 fully saturated rings. The first-order chi connectivity index (χ1) is 12.8. The van der Waals surface area contributed by atoms with Crippen molar-refractivity contribution in [2.45, 2.75) is 52.0 Å². The van der Waals surface area contributed by atoms with Crippen molar-refractivity contribution < 1.29 is 13.2 Å². The molecule has 2 aliphatic rings. The highest BCUT2D eigenvalue weighted by molar-refractivity contribution is 7.88. The smallest absolute Gasteiger partial charge is 0.246 e. The van der Waals surface area contributed by atoms with E-state index in [-0.39, 0.29) is 5.91 Å². The summed E-state index contributed by atoms with van der Waals surface area (Å²) >= 11 is 0. The molecule has 1 aromatic rings. The summed E-state index contributed by atoms with van der Waals surface area (Å²) in [5, 5.41) is 0. The molecule has 27 heavy (non-hydrogen) atoms. The molecule has 7 heteroatoms. The Bertz CT molecular complexity index is 812. The molecular weight excluding hydrogens is 362 g/mol. The first kappa shape index (κ1) is 20.1. The van der Waals surface area contributed by atoms with E-state index >= 15 is 0 Å². The Hall–Kier alpha value is -1.60. The number of rotatable bonds is 4. The van der Waals surface area contributed by atoms with Gasteiger partial charge in [0.1, 0.15) is 0 Å². The Morgan fingerprint density at radius 2 is 1.70 bits per heavy atom. The van der Waals surface area contributed by atoms with Gasteiger partial charge in [-0.2, -0.15) is 4.31 Å². The van der Waals surface area contributed by atoms with Crippen molar-refractivity contribution in [3.05, 3.63) is 29.1 Å². The summed E-state index contributed by atoms with van der Waals surface area (Å²) < 4.78 is 27.0. The van der Waals surface area contributed by atoms with Crippen LogP contribution in [0.2, 0.25) is 0 Å². The van der Waals surface area contributed by atoms with E-state index in [9.17, 15) is 13.2 Å². The van der Waals surface area contributed by atoms with Crippen LogP contribution < -0.4 is 0 Å². The van der Waals surface area contributed by atoms with Gasteiger partial charge in [0.05, 0.1) is 6.26 Å². The second-order valence-electron chi connectivity index (χ2n) is 7.81. The summed E-state index contributed by atoms with van der Waals surface area (Å²) in [6.07, 6.45) is 11.2. The first-order valence-corrected chi connectivity index (χ1v) is 11.7. The van der Waals surface area contributed by atoms with Crippen LogP contribution in [0.1, 0.15) is 55.1 Å². The third-order valence-electron chi connectivity index (χ3n) is 5.89. The SMILES string of the molecule is Cc1cc(C=CC(=O)N2CCN(S(C)(=O)=O)CC2)c(C)n1C1CCCCC1. The minimum atomic E-state index is -3.17. The molecule has 2 heterocycles. The molecule has 1 aromatic heterocycles. The first-order valence-electron chi connectivity index (χ1n) is 9.88. The molecule has 0 N–H and O–H groups in total. The molecule has 0 bridgehead atoms. The van der Waals surface area contributed by atoms with Crippen LogP contribution >= 0.6 is 0 Å². The molecular formula is C20H31N3O3S. The maximum Gasteiger partial charge on any atom is 0.246 e. The number of carbonyl (C=O) groups excluding carboxylic acids is 1. The van der Waals surface area contributed by atoms with Gasteiger partial charge in [0.2, 0.25) is 15.9 Å². The Morgan fingerprint density at radius 3 is 2.30 bits per heavy atom. The van der Waals surface area contributed by atoms with Crippen LogP contribution in [0.15, 0.2) is 12.1 Å². The van der Waals surface area contributed by atoms with E-state index in [0.717, 1.165) is 5.56 Å². The maximum absolute atomic E-state index is 12.5. The molecule has 0 atom stereocenters. The van der Waals surface area contributed by atoms with Gasteiger partial charge in [0.25, 0.3) is 0 Å². The molecule has 0 radical (unpaired) electrons. The lowest BCUT2D eigenvalue weighted by Gasteiger charge is -2.32. The van der Waals surface area contributed by atoms with E-state index in [1.165, 1.54) is 54.1 Å². The Kier molecular flexibility index (Phi) is 6.11. The van der Waals surface area contributed by atoms with Crippen LogP contribution in [0.4, 0.5) is 0 Å². The molecule has 150 valence electrons. The monoisotopic (exact) mass is 393 g/mol. The Labute approximate surface area is 162 Å². The molecule has 3 rings (SSSR count). The van der Waals surface area contributed by atoms with E-state index in [0.29, 0.717) is 32.2 Å². The third kappa shape index (κ3) is 4.63. The van der Waals surface area contributed by atoms with Gasteiger partial charge < -0.3 is 9.47 Å². The van der Waals surface area contributed by atoms with Crippen LogP contribution in [-0.2, 0) is 14.8 Å². The quantitative estimate of drug-likeness (QED) is 0.739. The lowest BCUT2D eigenvalue weighted by molar-refractivity contribution is -0.127. The number of aromatic nitrogens is 1. The summed E-state index contributed by atoms with van der Waals surface area (Å²) in [5.74, 6) is -0.0504. The maximum atomic E-state index is 12.5. The second-order valence-corrected chi connectivity index (χ2v) is 9.79. The molecule has 1 aliphatic heterocycles. The summed E-state index contributed by atoms with van der Waals surface area (Å²) in [6, 6.07) is 2.75. The van der Waals surface area contributed by atoms with E-state index in [2.05, 4.69) is 24.5 Å². The number of sulfonamides is 1. The number of nitrogens with zero attached hydrogens (tertiary/aromatic N) is 3. The van der Waals surface area contributed by atoms with Gasteiger partial charge in [-0.15, -0.1) is 0 Å². The van der Waals surface area contributed by atoms with E-state index < -0.39 is 10.0 Å². The molecule has 0 unspecified atom stereocenters. The average molecular weight is 394 g/mol. The fourth-order valence-corrected chi connectivity index (χ4v) is 5.21. The molecule has 6 nitrogen and oxygen atoms in total. The van der Waals surface area contributed by atoms with E-state index in [4.69, 9.17) is 0 Å². The van der Waals surface area contributed by atoms with Crippen LogP contribution in [0.3, 0.4) is 0 Å². The topological polar surface area (TPSA) is 62.6 Å². The minimum absolute atomic E-state index is 0.0504. The van der Waals surface area contributed by atoms with E-state index in [1.807, 2.05) is 6.08 Å². The Morgan fingerprint density at radius 1 is 1.07 bits per heavy atom. The fourth-order valence-electron chi connectivity index (χ4n) is 4.38. The van der Waals surface area contributed by atoms with Crippen LogP contribution in [0.5, 0.6) is 0 Å². The van der Waals surface area contributed by atoms with Crippen LogP contribution in [0.25, 0.3) is 6.08 Å². The standard InChI is InChI=1S/C20H31N3O3S/c1-16-15-18(17(2)23(16)19-7-5-4-6-8-19)9-10-20(24)21-11-13-22(14-12-21)27(3,25)26/h9-10,15,19H,4-8,11-14H2,1-3H3. The van der Waals surface area contributed by atoms with Gasteiger partial charge in [-0.25, -0.2) is 8.42 Å². The minimum Gasteiger partial charge on any atom is -0.346 e. The highest BCUT2D eigenvalue weighted by Crippen LogP contribution is 2.32. The number of aryl methyl sites for hydroxylation is 1. The molecule has 1 saturated heterocycles. The number of piperazine rings is 1. The lowest BCUT2D eigenvalue weighted by Crippen LogP contribution is -2.49. The normalized spacial score (nSPS) is 20.5. The second kappa shape index (κ2) is 8.19. The number of amides is 1. The number of carbonyl (C=O) groups is 1. The Balaban J connectivity index is 1.65. The van der Waals surface area contributed by atoms with Gasteiger partial charge in [-0.05, 0) is 44.4 Å². The van der Waals surface area contributed by atoms with Gasteiger partial charge in [0, 0.05) is 49.7 Å². The van der Waals surface area contributed by atoms with Gasteiger partial charge in [-0.1, -0.05) is 19.3 Å². The summed E-state index contributed by atoms with van der Waals surface area (Å²) in [5.41, 5.74) is 3.58. The largest absolute Gasteiger partial charge is 0.346 e. The van der Waals surface area contributed by atoms with Crippen LogP contribution in [0, 0.1) is 13.8 Å².